The number of aryl methyl sites for hydroxylation is 4. The lowest BCUT2D eigenvalue weighted by Gasteiger charge is -2.25. The topological polar surface area (TPSA) is 52.0 Å². The molecule has 0 saturated heterocycles. The van der Waals surface area contributed by atoms with Crippen molar-refractivity contribution in [2.24, 2.45) is 0 Å². The molecule has 0 aliphatic rings. The lowest BCUT2D eigenvalue weighted by Crippen LogP contribution is -2.05. The molecule has 0 bridgehead atoms. The Kier molecular flexibility index (Phi) is 6.12. The van der Waals surface area contributed by atoms with Gasteiger partial charge in [-0.05, 0) is 49.9 Å². The smallest absolute Gasteiger partial charge is 0.0501 e. The third-order valence-corrected chi connectivity index (χ3v) is 6.94. The van der Waals surface area contributed by atoms with Gasteiger partial charge >= 0.3 is 0 Å². The van der Waals surface area contributed by atoms with Gasteiger partial charge in [-0.2, -0.15) is 0 Å². The SMILES string of the molecule is Cc1ccc(-c2c(N)c(-c3ccc(C)cc3)c(-c3ccc(C)cc3)c(-c3ccc(C)cc3)c2N)cc1. The van der Waals surface area contributed by atoms with E-state index < -0.39 is 0 Å². The first kappa shape index (κ1) is 23.4. The predicted octanol–water partition coefficient (Wildman–Crippen LogP) is 8.75. The van der Waals surface area contributed by atoms with E-state index in [2.05, 4.69) is 125 Å². The van der Waals surface area contributed by atoms with Gasteiger partial charge in [-0.3, -0.25) is 0 Å². The van der Waals surface area contributed by atoms with Crippen LogP contribution in [0.1, 0.15) is 22.3 Å². The monoisotopic (exact) mass is 468 g/mol. The van der Waals surface area contributed by atoms with Crippen molar-refractivity contribution < 1.29 is 0 Å². The Morgan fingerprint density at radius 2 is 0.528 bits per heavy atom. The summed E-state index contributed by atoms with van der Waals surface area (Å²) < 4.78 is 0. The van der Waals surface area contributed by atoms with Gasteiger partial charge in [0.25, 0.3) is 0 Å². The molecule has 5 aromatic rings. The Morgan fingerprint density at radius 1 is 0.306 bits per heavy atom. The van der Waals surface area contributed by atoms with Crippen molar-refractivity contribution in [2.45, 2.75) is 27.7 Å². The molecule has 0 radical (unpaired) electrons. The lowest BCUT2D eigenvalue weighted by molar-refractivity contribution is 1.44. The number of rotatable bonds is 4. The second kappa shape index (κ2) is 9.39. The minimum absolute atomic E-state index is 0.701. The fourth-order valence-electron chi connectivity index (χ4n) is 4.87. The summed E-state index contributed by atoms with van der Waals surface area (Å²) in [5, 5.41) is 0. The highest BCUT2D eigenvalue weighted by Gasteiger charge is 2.25. The molecule has 0 aromatic heterocycles. The van der Waals surface area contributed by atoms with Gasteiger partial charge in [0.1, 0.15) is 0 Å². The zero-order valence-electron chi connectivity index (χ0n) is 21.4. The van der Waals surface area contributed by atoms with E-state index >= 15 is 0 Å². The van der Waals surface area contributed by atoms with E-state index in [1.54, 1.807) is 0 Å². The number of hydrogen-bond donors (Lipinski definition) is 2. The van der Waals surface area contributed by atoms with Crippen LogP contribution in [0.3, 0.4) is 0 Å². The van der Waals surface area contributed by atoms with Gasteiger partial charge < -0.3 is 11.5 Å². The highest BCUT2D eigenvalue weighted by molar-refractivity contribution is 6.11. The number of nitrogen functional groups attached to an aromatic ring is 2. The van der Waals surface area contributed by atoms with Crippen molar-refractivity contribution >= 4 is 11.4 Å². The molecule has 5 aromatic carbocycles. The quantitative estimate of drug-likeness (QED) is 0.259. The second-order valence-electron chi connectivity index (χ2n) is 9.79. The maximum Gasteiger partial charge on any atom is 0.0501 e. The van der Waals surface area contributed by atoms with Gasteiger partial charge in [-0.15, -0.1) is 0 Å². The zero-order chi connectivity index (χ0) is 25.4. The average Bonchev–Trinajstić information content (AvgIpc) is 2.87. The van der Waals surface area contributed by atoms with Crippen LogP contribution in [0.4, 0.5) is 11.4 Å². The van der Waals surface area contributed by atoms with Gasteiger partial charge in [0.05, 0.1) is 11.4 Å². The van der Waals surface area contributed by atoms with E-state index in [1.165, 1.54) is 22.3 Å². The van der Waals surface area contributed by atoms with Crippen LogP contribution in [-0.4, -0.2) is 0 Å². The molecular weight excluding hydrogens is 436 g/mol. The molecular formula is C34H32N2. The first-order chi connectivity index (χ1) is 17.3. The van der Waals surface area contributed by atoms with Gasteiger partial charge in [0.15, 0.2) is 0 Å². The average molecular weight is 469 g/mol. The normalized spacial score (nSPS) is 11.0. The van der Waals surface area contributed by atoms with E-state index in [-0.39, 0.29) is 0 Å². The van der Waals surface area contributed by atoms with Crippen LogP contribution in [0, 0.1) is 27.7 Å². The van der Waals surface area contributed by atoms with Crippen LogP contribution in [0.25, 0.3) is 44.5 Å². The van der Waals surface area contributed by atoms with Crippen molar-refractivity contribution in [3.63, 3.8) is 0 Å². The molecule has 0 fully saturated rings. The maximum atomic E-state index is 7.08. The molecule has 0 unspecified atom stereocenters. The molecule has 0 amide bonds. The summed E-state index contributed by atoms with van der Waals surface area (Å²) in [5.74, 6) is 0. The number of hydrogen-bond acceptors (Lipinski definition) is 2. The van der Waals surface area contributed by atoms with Crippen molar-refractivity contribution in [1.29, 1.82) is 0 Å². The predicted molar refractivity (Wildman–Crippen MR) is 156 cm³/mol. The van der Waals surface area contributed by atoms with Gasteiger partial charge in [0, 0.05) is 22.3 Å². The zero-order valence-corrected chi connectivity index (χ0v) is 21.4. The minimum atomic E-state index is 0.701. The number of nitrogens with two attached hydrogens (primary N) is 2. The summed E-state index contributed by atoms with van der Waals surface area (Å²) in [5.41, 5.74) is 28.7. The Bertz CT molecular complexity index is 1450. The molecule has 2 nitrogen and oxygen atoms in total. The fraction of sp³-hybridized carbons (Fsp3) is 0.118. The summed E-state index contributed by atoms with van der Waals surface area (Å²) >= 11 is 0. The summed E-state index contributed by atoms with van der Waals surface area (Å²) in [6.45, 7) is 8.40. The van der Waals surface area contributed by atoms with Crippen LogP contribution >= 0.6 is 0 Å². The van der Waals surface area contributed by atoms with Crippen LogP contribution in [-0.2, 0) is 0 Å². The molecule has 4 N–H and O–H groups in total. The summed E-state index contributed by atoms with van der Waals surface area (Å²) in [6.07, 6.45) is 0. The van der Waals surface area contributed by atoms with Gasteiger partial charge in [-0.1, -0.05) is 119 Å². The molecule has 36 heavy (non-hydrogen) atoms. The molecule has 0 saturated carbocycles. The Labute approximate surface area is 214 Å². The molecule has 0 aliphatic carbocycles. The van der Waals surface area contributed by atoms with Crippen LogP contribution in [0.5, 0.6) is 0 Å². The van der Waals surface area contributed by atoms with E-state index in [1.807, 2.05) is 0 Å². The standard InChI is InChI=1S/C34H32N2/c1-21-5-13-25(14-6-21)29-30(26-15-7-22(2)8-16-26)33(35)32(28-19-11-24(4)12-20-28)34(36)31(29)27-17-9-23(3)10-18-27/h5-20H,35-36H2,1-4H3. The largest absolute Gasteiger partial charge is 0.398 e. The third-order valence-electron chi connectivity index (χ3n) is 6.94. The summed E-state index contributed by atoms with van der Waals surface area (Å²) in [6, 6.07) is 34.3. The summed E-state index contributed by atoms with van der Waals surface area (Å²) in [4.78, 5) is 0. The third kappa shape index (κ3) is 4.27. The van der Waals surface area contributed by atoms with Gasteiger partial charge in [0.2, 0.25) is 0 Å². The summed E-state index contributed by atoms with van der Waals surface area (Å²) in [7, 11) is 0. The van der Waals surface area contributed by atoms with Crippen molar-refractivity contribution in [3.05, 3.63) is 119 Å². The molecule has 5 rings (SSSR count). The molecule has 0 spiro atoms. The van der Waals surface area contributed by atoms with Crippen molar-refractivity contribution in [2.75, 3.05) is 11.5 Å². The maximum absolute atomic E-state index is 7.08. The highest BCUT2D eigenvalue weighted by atomic mass is 14.7. The van der Waals surface area contributed by atoms with Gasteiger partial charge in [-0.25, -0.2) is 0 Å². The van der Waals surface area contributed by atoms with Crippen molar-refractivity contribution in [3.8, 4) is 44.5 Å². The van der Waals surface area contributed by atoms with Crippen LogP contribution in [0.15, 0.2) is 97.1 Å². The minimum Gasteiger partial charge on any atom is -0.398 e. The first-order valence-corrected chi connectivity index (χ1v) is 12.4. The Balaban J connectivity index is 1.96. The van der Waals surface area contributed by atoms with E-state index in [0.29, 0.717) is 11.4 Å². The van der Waals surface area contributed by atoms with E-state index in [0.717, 1.165) is 44.5 Å². The Hall–Kier alpha value is -4.30. The Morgan fingerprint density at radius 3 is 0.806 bits per heavy atom. The lowest BCUT2D eigenvalue weighted by atomic mass is 9.81. The number of benzene rings is 5. The molecule has 2 heteroatoms. The van der Waals surface area contributed by atoms with Crippen molar-refractivity contribution in [1.82, 2.24) is 0 Å². The molecule has 0 heterocycles. The van der Waals surface area contributed by atoms with E-state index in [4.69, 9.17) is 11.5 Å². The fourth-order valence-corrected chi connectivity index (χ4v) is 4.87. The first-order valence-electron chi connectivity index (χ1n) is 12.4. The molecule has 0 atom stereocenters. The molecule has 178 valence electrons. The van der Waals surface area contributed by atoms with E-state index in [9.17, 15) is 0 Å². The van der Waals surface area contributed by atoms with Crippen LogP contribution in [0.2, 0.25) is 0 Å². The molecule has 0 aliphatic heterocycles. The van der Waals surface area contributed by atoms with Crippen LogP contribution < -0.4 is 11.5 Å². The highest BCUT2D eigenvalue weighted by Crippen LogP contribution is 2.52. The number of anilines is 2. The second-order valence-corrected chi connectivity index (χ2v) is 9.79.